The van der Waals surface area contributed by atoms with Crippen LogP contribution >= 0.6 is 11.3 Å². The van der Waals surface area contributed by atoms with Crippen LogP contribution in [0.5, 0.6) is 11.5 Å². The molecule has 4 aromatic rings. The van der Waals surface area contributed by atoms with Crippen molar-refractivity contribution in [2.75, 3.05) is 12.1 Å². The lowest BCUT2D eigenvalue weighted by Crippen LogP contribution is -2.21. The molecule has 3 heterocycles. The van der Waals surface area contributed by atoms with Gasteiger partial charge in [-0.2, -0.15) is 13.2 Å². The highest BCUT2D eigenvalue weighted by Gasteiger charge is 2.38. The van der Waals surface area contributed by atoms with Crippen LogP contribution in [0.15, 0.2) is 60.2 Å². The van der Waals surface area contributed by atoms with Gasteiger partial charge in [0.1, 0.15) is 12.1 Å². The van der Waals surface area contributed by atoms with Crippen molar-refractivity contribution in [1.29, 1.82) is 0 Å². The molecule has 1 aliphatic rings. The third kappa shape index (κ3) is 5.32. The normalized spacial score (nSPS) is 12.2. The maximum atomic E-state index is 10.6. The molecule has 2 N–H and O–H groups in total. The van der Waals surface area contributed by atoms with Gasteiger partial charge in [-0.1, -0.05) is 18.2 Å². The fraction of sp³-hybridized carbons (Fsp3) is 0.136. The summed E-state index contributed by atoms with van der Waals surface area (Å²) in [6.07, 6.45) is -3.49. The highest BCUT2D eigenvalue weighted by molar-refractivity contribution is 7.09. The molecule has 2 aromatic heterocycles. The van der Waals surface area contributed by atoms with Crippen LogP contribution in [0.1, 0.15) is 4.88 Å². The molecule has 0 saturated carbocycles. The number of ether oxygens (including phenoxy) is 2. The minimum atomic E-state index is -5.08. The number of hydrogen-bond acceptors (Lipinski definition) is 7. The Morgan fingerprint density at radius 2 is 1.79 bits per heavy atom. The molecule has 11 heteroatoms. The van der Waals surface area contributed by atoms with Crippen molar-refractivity contribution in [2.45, 2.75) is 12.7 Å². The fourth-order valence-electron chi connectivity index (χ4n) is 3.04. The standard InChI is InChI=1S/C20H15N3O2S.C2HF3O2/c1-2-15(26-7-1)10-21-20-16-8-13(3-5-17(16)22-11-23-20)14-4-6-18-19(9-14)25-12-24-18;3-2(4,5)1(6)7/h1-9,11H,10,12H2,(H,21,22,23);(H,6,7). The van der Waals surface area contributed by atoms with Gasteiger partial charge < -0.3 is 19.9 Å². The van der Waals surface area contributed by atoms with E-state index in [1.165, 1.54) is 4.88 Å². The van der Waals surface area contributed by atoms with E-state index in [4.69, 9.17) is 19.4 Å². The number of anilines is 1. The molecule has 33 heavy (non-hydrogen) atoms. The average molecular weight is 475 g/mol. The van der Waals surface area contributed by atoms with E-state index in [1.807, 2.05) is 24.3 Å². The van der Waals surface area contributed by atoms with Crippen LogP contribution in [-0.4, -0.2) is 34.0 Å². The smallest absolute Gasteiger partial charge is 0.475 e. The van der Waals surface area contributed by atoms with Gasteiger partial charge >= 0.3 is 12.1 Å². The summed E-state index contributed by atoms with van der Waals surface area (Å²) < 4.78 is 42.6. The second kappa shape index (κ2) is 9.33. The van der Waals surface area contributed by atoms with Crippen LogP contribution < -0.4 is 14.8 Å². The number of alkyl halides is 3. The van der Waals surface area contributed by atoms with E-state index in [0.29, 0.717) is 0 Å². The van der Waals surface area contributed by atoms with E-state index in [2.05, 4.69) is 44.9 Å². The van der Waals surface area contributed by atoms with E-state index in [9.17, 15) is 13.2 Å². The van der Waals surface area contributed by atoms with Crippen LogP contribution in [0, 0.1) is 0 Å². The molecule has 0 amide bonds. The van der Waals surface area contributed by atoms with Crippen LogP contribution in [0.3, 0.4) is 0 Å². The predicted octanol–water partition coefficient (Wildman–Crippen LogP) is 5.33. The summed E-state index contributed by atoms with van der Waals surface area (Å²) in [5, 5.41) is 13.6. The maximum absolute atomic E-state index is 10.6. The van der Waals surface area contributed by atoms with Crippen LogP contribution in [0.2, 0.25) is 0 Å². The number of aliphatic carboxylic acids is 1. The summed E-state index contributed by atoms with van der Waals surface area (Å²) in [6, 6.07) is 16.4. The number of thiophene rings is 1. The summed E-state index contributed by atoms with van der Waals surface area (Å²) in [6.45, 7) is 1.03. The van der Waals surface area contributed by atoms with Crippen molar-refractivity contribution in [3.05, 3.63) is 65.1 Å². The Morgan fingerprint density at radius 3 is 2.52 bits per heavy atom. The summed E-state index contributed by atoms with van der Waals surface area (Å²) in [5.74, 6) is -0.349. The molecule has 170 valence electrons. The third-order valence-corrected chi connectivity index (χ3v) is 5.47. The molecule has 7 nitrogen and oxygen atoms in total. The van der Waals surface area contributed by atoms with E-state index < -0.39 is 12.1 Å². The lowest BCUT2D eigenvalue weighted by atomic mass is 10.0. The summed E-state index contributed by atoms with van der Waals surface area (Å²) in [7, 11) is 0. The quantitative estimate of drug-likeness (QED) is 0.412. The van der Waals surface area contributed by atoms with Crippen molar-refractivity contribution < 1.29 is 32.5 Å². The predicted molar refractivity (Wildman–Crippen MR) is 116 cm³/mol. The van der Waals surface area contributed by atoms with Crippen LogP contribution in [0.4, 0.5) is 19.0 Å². The van der Waals surface area contributed by atoms with Gasteiger partial charge in [-0.15, -0.1) is 11.3 Å². The first-order valence-electron chi connectivity index (χ1n) is 9.52. The number of aromatic nitrogens is 2. The molecule has 0 aliphatic carbocycles. The van der Waals surface area contributed by atoms with Crippen molar-refractivity contribution >= 4 is 34.0 Å². The highest BCUT2D eigenvalue weighted by atomic mass is 32.1. The number of benzene rings is 2. The molecule has 0 spiro atoms. The number of carbonyl (C=O) groups is 1. The molecular formula is C22H16F3N3O4S. The van der Waals surface area contributed by atoms with E-state index in [-0.39, 0.29) is 6.79 Å². The summed E-state index contributed by atoms with van der Waals surface area (Å²) in [4.78, 5) is 19.0. The first-order valence-corrected chi connectivity index (χ1v) is 10.4. The van der Waals surface area contributed by atoms with E-state index in [1.54, 1.807) is 17.7 Å². The topological polar surface area (TPSA) is 93.6 Å². The van der Waals surface area contributed by atoms with Gasteiger partial charge in [-0.3, -0.25) is 0 Å². The zero-order valence-electron chi connectivity index (χ0n) is 16.8. The highest BCUT2D eigenvalue weighted by Crippen LogP contribution is 2.37. The lowest BCUT2D eigenvalue weighted by Gasteiger charge is -2.09. The number of fused-ring (bicyclic) bond motifs is 2. The van der Waals surface area contributed by atoms with Crippen molar-refractivity contribution in [3.63, 3.8) is 0 Å². The molecule has 2 aromatic carbocycles. The van der Waals surface area contributed by atoms with Gasteiger partial charge in [-0.05, 0) is 46.8 Å². The number of nitrogens with zero attached hydrogens (tertiary/aromatic N) is 2. The Hall–Kier alpha value is -3.86. The average Bonchev–Trinajstić information content (AvgIpc) is 3.48. The Labute approximate surface area is 189 Å². The largest absolute Gasteiger partial charge is 0.490 e. The molecule has 0 radical (unpaired) electrons. The molecule has 0 saturated heterocycles. The molecule has 0 fully saturated rings. The molecule has 1 aliphatic heterocycles. The van der Waals surface area contributed by atoms with Gasteiger partial charge in [0.05, 0.1) is 12.1 Å². The Kier molecular flexibility index (Phi) is 6.31. The second-order valence-corrected chi connectivity index (χ2v) is 7.79. The summed E-state index contributed by atoms with van der Waals surface area (Å²) in [5.41, 5.74) is 3.08. The minimum absolute atomic E-state index is 0.279. The molecule has 0 bridgehead atoms. The minimum Gasteiger partial charge on any atom is -0.475 e. The Bertz CT molecular complexity index is 1280. The number of hydrogen-bond donors (Lipinski definition) is 2. The van der Waals surface area contributed by atoms with Crippen molar-refractivity contribution in [1.82, 2.24) is 9.97 Å². The van der Waals surface area contributed by atoms with Crippen LogP contribution in [0.25, 0.3) is 22.0 Å². The van der Waals surface area contributed by atoms with Gasteiger partial charge in [-0.25, -0.2) is 14.8 Å². The Morgan fingerprint density at radius 1 is 1.06 bits per heavy atom. The van der Waals surface area contributed by atoms with Crippen LogP contribution in [-0.2, 0) is 11.3 Å². The SMILES string of the molecule is O=C(O)C(F)(F)F.c1csc(CNc2ncnc3ccc(-c4ccc5c(c4)OCO5)cc23)c1. The van der Waals surface area contributed by atoms with Gasteiger partial charge in [0.25, 0.3) is 0 Å². The first kappa shape index (κ1) is 22.3. The van der Waals surface area contributed by atoms with Gasteiger partial charge in [0.2, 0.25) is 6.79 Å². The zero-order chi connectivity index (χ0) is 23.4. The first-order chi connectivity index (χ1) is 15.8. The number of carboxylic acids is 1. The number of nitrogens with one attached hydrogen (secondary N) is 1. The molecule has 5 rings (SSSR count). The zero-order valence-corrected chi connectivity index (χ0v) is 17.6. The van der Waals surface area contributed by atoms with E-state index in [0.717, 1.165) is 45.9 Å². The Balaban J connectivity index is 0.000000325. The lowest BCUT2D eigenvalue weighted by molar-refractivity contribution is -0.192. The second-order valence-electron chi connectivity index (χ2n) is 6.76. The number of carboxylic acid groups (broad SMARTS) is 1. The number of halogens is 3. The maximum Gasteiger partial charge on any atom is 0.490 e. The monoisotopic (exact) mass is 475 g/mol. The molecule has 0 atom stereocenters. The molecular weight excluding hydrogens is 459 g/mol. The van der Waals surface area contributed by atoms with Gasteiger partial charge in [0, 0.05) is 10.3 Å². The van der Waals surface area contributed by atoms with E-state index >= 15 is 0 Å². The van der Waals surface area contributed by atoms with Gasteiger partial charge in [0.15, 0.2) is 11.5 Å². The van der Waals surface area contributed by atoms with Crippen molar-refractivity contribution in [3.8, 4) is 22.6 Å². The molecule has 0 unspecified atom stereocenters. The summed E-state index contributed by atoms with van der Waals surface area (Å²) >= 11 is 1.73. The van der Waals surface area contributed by atoms with Crippen molar-refractivity contribution in [2.24, 2.45) is 0 Å². The fourth-order valence-corrected chi connectivity index (χ4v) is 3.68. The third-order valence-electron chi connectivity index (χ3n) is 4.59. The number of rotatable bonds is 4.